The second-order valence-corrected chi connectivity index (χ2v) is 4.41. The third-order valence-electron chi connectivity index (χ3n) is 2.61. The van der Waals surface area contributed by atoms with Crippen molar-refractivity contribution < 1.29 is 9.59 Å². The quantitative estimate of drug-likeness (QED) is 0.480. The van der Waals surface area contributed by atoms with Gasteiger partial charge in [-0.15, -0.1) is 0 Å². The van der Waals surface area contributed by atoms with Crippen LogP contribution in [-0.4, -0.2) is 37.1 Å². The third-order valence-corrected chi connectivity index (χ3v) is 2.61. The van der Waals surface area contributed by atoms with Crippen molar-refractivity contribution in [3.8, 4) is 0 Å². The Morgan fingerprint density at radius 3 is 2.44 bits per heavy atom. The summed E-state index contributed by atoms with van der Waals surface area (Å²) in [5.74, 6) is -0.174. The van der Waals surface area contributed by atoms with Gasteiger partial charge in [-0.1, -0.05) is 26.7 Å². The molecule has 18 heavy (non-hydrogen) atoms. The van der Waals surface area contributed by atoms with Gasteiger partial charge in [0.1, 0.15) is 6.04 Å². The SMILES string of the molecule is CCCCC(NC(N)=O)C(=O)NC[C@@H](C)NCC. The summed E-state index contributed by atoms with van der Waals surface area (Å²) in [5.41, 5.74) is 5.06. The standard InChI is InChI=1S/C12H26N4O2/c1-4-6-7-10(16-12(13)18)11(17)15-8-9(3)14-5-2/h9-10,14H,4-8H2,1-3H3,(H,15,17)(H3,13,16,18)/t9-,10?/m1/s1. The molecule has 6 nitrogen and oxygen atoms in total. The summed E-state index contributed by atoms with van der Waals surface area (Å²) in [6.45, 7) is 7.43. The van der Waals surface area contributed by atoms with E-state index in [-0.39, 0.29) is 11.9 Å². The van der Waals surface area contributed by atoms with Gasteiger partial charge in [0.25, 0.3) is 0 Å². The van der Waals surface area contributed by atoms with Crippen LogP contribution in [0.1, 0.15) is 40.0 Å². The lowest BCUT2D eigenvalue weighted by Gasteiger charge is -2.19. The van der Waals surface area contributed by atoms with Crippen molar-refractivity contribution in [1.82, 2.24) is 16.0 Å². The first-order chi connectivity index (χ1) is 8.51. The van der Waals surface area contributed by atoms with Crippen molar-refractivity contribution in [3.05, 3.63) is 0 Å². The Labute approximate surface area is 109 Å². The summed E-state index contributed by atoms with van der Waals surface area (Å²) in [6, 6.07) is -0.985. The zero-order chi connectivity index (χ0) is 14.0. The number of nitrogens with one attached hydrogen (secondary N) is 3. The first-order valence-corrected chi connectivity index (χ1v) is 6.58. The van der Waals surface area contributed by atoms with Gasteiger partial charge < -0.3 is 21.7 Å². The summed E-state index contributed by atoms with van der Waals surface area (Å²) in [4.78, 5) is 22.7. The second-order valence-electron chi connectivity index (χ2n) is 4.41. The fraction of sp³-hybridized carbons (Fsp3) is 0.833. The van der Waals surface area contributed by atoms with E-state index < -0.39 is 12.1 Å². The molecule has 0 aromatic carbocycles. The molecule has 0 radical (unpaired) electrons. The monoisotopic (exact) mass is 258 g/mol. The molecular weight excluding hydrogens is 232 g/mol. The summed E-state index contributed by atoms with van der Waals surface area (Å²) in [7, 11) is 0. The first kappa shape index (κ1) is 16.7. The predicted octanol–water partition coefficient (Wildman–Crippen LogP) is 0.328. The van der Waals surface area contributed by atoms with Crippen molar-refractivity contribution in [3.63, 3.8) is 0 Å². The Morgan fingerprint density at radius 2 is 1.94 bits per heavy atom. The molecule has 0 heterocycles. The number of carbonyl (C=O) groups excluding carboxylic acids is 2. The molecular formula is C12H26N4O2. The van der Waals surface area contributed by atoms with Crippen LogP contribution in [0.2, 0.25) is 0 Å². The van der Waals surface area contributed by atoms with Gasteiger partial charge in [-0.25, -0.2) is 4.79 Å². The Bertz CT molecular complexity index is 258. The van der Waals surface area contributed by atoms with E-state index in [0.717, 1.165) is 19.4 Å². The highest BCUT2D eigenvalue weighted by Crippen LogP contribution is 2.00. The van der Waals surface area contributed by atoms with Crippen LogP contribution in [0.3, 0.4) is 0 Å². The van der Waals surface area contributed by atoms with Gasteiger partial charge >= 0.3 is 6.03 Å². The molecule has 3 amide bonds. The molecule has 1 unspecified atom stereocenters. The molecule has 6 heteroatoms. The highest BCUT2D eigenvalue weighted by atomic mass is 16.2. The van der Waals surface area contributed by atoms with Crippen molar-refractivity contribution in [2.75, 3.05) is 13.1 Å². The van der Waals surface area contributed by atoms with Crippen molar-refractivity contribution in [1.29, 1.82) is 0 Å². The van der Waals surface area contributed by atoms with Gasteiger partial charge in [0.15, 0.2) is 0 Å². The number of hydrogen-bond acceptors (Lipinski definition) is 3. The summed E-state index contributed by atoms with van der Waals surface area (Å²) in [5, 5.41) is 8.48. The molecule has 0 aromatic rings. The summed E-state index contributed by atoms with van der Waals surface area (Å²) in [6.07, 6.45) is 2.46. The lowest BCUT2D eigenvalue weighted by Crippen LogP contribution is -2.50. The van der Waals surface area contributed by atoms with Crippen LogP contribution < -0.4 is 21.7 Å². The van der Waals surface area contributed by atoms with Gasteiger partial charge in [0.2, 0.25) is 5.91 Å². The predicted molar refractivity (Wildman–Crippen MR) is 72.2 cm³/mol. The fourth-order valence-electron chi connectivity index (χ4n) is 1.65. The smallest absolute Gasteiger partial charge is 0.312 e. The maximum absolute atomic E-state index is 11.9. The number of unbranched alkanes of at least 4 members (excludes halogenated alkanes) is 1. The van der Waals surface area contributed by atoms with E-state index in [9.17, 15) is 9.59 Å². The highest BCUT2D eigenvalue weighted by Gasteiger charge is 2.19. The molecule has 0 aliphatic heterocycles. The lowest BCUT2D eigenvalue weighted by molar-refractivity contribution is -0.123. The van der Waals surface area contributed by atoms with E-state index in [0.29, 0.717) is 13.0 Å². The molecule has 2 atom stereocenters. The molecule has 0 saturated carbocycles. The van der Waals surface area contributed by atoms with E-state index in [4.69, 9.17) is 5.73 Å². The molecule has 106 valence electrons. The molecule has 0 bridgehead atoms. The van der Waals surface area contributed by atoms with Crippen LogP contribution in [0.15, 0.2) is 0 Å². The van der Waals surface area contributed by atoms with Crippen molar-refractivity contribution >= 4 is 11.9 Å². The van der Waals surface area contributed by atoms with Crippen LogP contribution >= 0.6 is 0 Å². The maximum atomic E-state index is 11.9. The zero-order valence-corrected chi connectivity index (χ0v) is 11.6. The molecule has 0 rings (SSSR count). The van der Waals surface area contributed by atoms with Crippen molar-refractivity contribution in [2.45, 2.75) is 52.1 Å². The van der Waals surface area contributed by atoms with Crippen LogP contribution in [0, 0.1) is 0 Å². The van der Waals surface area contributed by atoms with Gasteiger partial charge in [-0.2, -0.15) is 0 Å². The first-order valence-electron chi connectivity index (χ1n) is 6.58. The molecule has 5 N–H and O–H groups in total. The van der Waals surface area contributed by atoms with Crippen LogP contribution in [0.25, 0.3) is 0 Å². The van der Waals surface area contributed by atoms with Gasteiger partial charge in [-0.05, 0) is 19.9 Å². The molecule has 0 saturated heterocycles. The number of primary amides is 1. The minimum atomic E-state index is -0.661. The number of hydrogen-bond donors (Lipinski definition) is 4. The molecule has 0 aromatic heterocycles. The summed E-state index contributed by atoms with van der Waals surface area (Å²) >= 11 is 0. The van der Waals surface area contributed by atoms with E-state index in [2.05, 4.69) is 16.0 Å². The number of likely N-dealkylation sites (N-methyl/N-ethyl adjacent to an activating group) is 1. The average molecular weight is 258 g/mol. The molecule has 0 aliphatic rings. The van der Waals surface area contributed by atoms with E-state index >= 15 is 0 Å². The Kier molecular flexibility index (Phi) is 9.00. The topological polar surface area (TPSA) is 96.2 Å². The second kappa shape index (κ2) is 9.70. The fourth-order valence-corrected chi connectivity index (χ4v) is 1.65. The zero-order valence-electron chi connectivity index (χ0n) is 11.6. The third kappa shape index (κ3) is 7.89. The van der Waals surface area contributed by atoms with Crippen LogP contribution in [0.4, 0.5) is 4.79 Å². The number of urea groups is 1. The lowest BCUT2D eigenvalue weighted by atomic mass is 10.1. The minimum Gasteiger partial charge on any atom is -0.353 e. The van der Waals surface area contributed by atoms with Gasteiger partial charge in [0, 0.05) is 12.6 Å². The number of carbonyl (C=O) groups is 2. The van der Waals surface area contributed by atoms with Crippen LogP contribution in [0.5, 0.6) is 0 Å². The Morgan fingerprint density at radius 1 is 1.28 bits per heavy atom. The van der Waals surface area contributed by atoms with Gasteiger partial charge in [-0.3, -0.25) is 4.79 Å². The van der Waals surface area contributed by atoms with E-state index in [1.165, 1.54) is 0 Å². The average Bonchev–Trinajstić information content (AvgIpc) is 2.31. The Balaban J connectivity index is 4.14. The highest BCUT2D eigenvalue weighted by molar-refractivity contribution is 5.86. The largest absolute Gasteiger partial charge is 0.353 e. The van der Waals surface area contributed by atoms with Crippen LogP contribution in [-0.2, 0) is 4.79 Å². The molecule has 0 fully saturated rings. The minimum absolute atomic E-state index is 0.174. The normalized spacial score (nSPS) is 13.7. The molecule has 0 spiro atoms. The van der Waals surface area contributed by atoms with Crippen molar-refractivity contribution in [2.24, 2.45) is 5.73 Å². The summed E-state index contributed by atoms with van der Waals surface area (Å²) < 4.78 is 0. The Hall–Kier alpha value is -1.30. The number of rotatable bonds is 9. The molecule has 0 aliphatic carbocycles. The maximum Gasteiger partial charge on any atom is 0.312 e. The van der Waals surface area contributed by atoms with E-state index in [1.54, 1.807) is 0 Å². The van der Waals surface area contributed by atoms with E-state index in [1.807, 2.05) is 20.8 Å². The number of nitrogens with two attached hydrogens (primary N) is 1. The van der Waals surface area contributed by atoms with Gasteiger partial charge in [0.05, 0.1) is 0 Å². The number of amides is 3.